The van der Waals surface area contributed by atoms with E-state index in [2.05, 4.69) is 5.32 Å². The molecule has 0 saturated heterocycles. The molecule has 0 radical (unpaired) electrons. The number of carboxylic acid groups (broad SMARTS) is 1. The predicted molar refractivity (Wildman–Crippen MR) is 142 cm³/mol. The summed E-state index contributed by atoms with van der Waals surface area (Å²) in [6.07, 6.45) is 1.64. The van der Waals surface area contributed by atoms with Crippen molar-refractivity contribution in [3.63, 3.8) is 0 Å². The van der Waals surface area contributed by atoms with Crippen LogP contribution in [-0.2, 0) is 11.2 Å². The fraction of sp³-hybridized carbons (Fsp3) is 0.214. The lowest BCUT2D eigenvalue weighted by Crippen LogP contribution is -2.26. The molecule has 9 heteroatoms. The molecule has 1 heterocycles. The first kappa shape index (κ1) is 26.5. The highest BCUT2D eigenvalue weighted by Gasteiger charge is 2.17. The van der Waals surface area contributed by atoms with E-state index in [0.717, 1.165) is 5.56 Å². The maximum absolute atomic E-state index is 13.2. The predicted octanol–water partition coefficient (Wildman–Crippen LogP) is 7.03. The lowest BCUT2D eigenvalue weighted by molar-refractivity contribution is -0.137. The first-order valence-electron chi connectivity index (χ1n) is 11.8. The van der Waals surface area contributed by atoms with Crippen LogP contribution in [0.15, 0.2) is 60.7 Å². The van der Waals surface area contributed by atoms with Gasteiger partial charge in [0.15, 0.2) is 0 Å². The number of carboxylic acids is 1. The Bertz CT molecular complexity index is 1460. The smallest absolute Gasteiger partial charge is 0.303 e. The third kappa shape index (κ3) is 6.61. The molecule has 2 N–H and O–H groups in total. The van der Waals surface area contributed by atoms with Gasteiger partial charge in [-0.25, -0.2) is 14.4 Å². The van der Waals surface area contributed by atoms with Crippen molar-refractivity contribution in [3.8, 4) is 11.3 Å². The van der Waals surface area contributed by atoms with Gasteiger partial charge >= 0.3 is 5.97 Å². The molecule has 0 fully saturated rings. The largest absolute Gasteiger partial charge is 0.481 e. The minimum atomic E-state index is -0.851. The average molecular weight is 540 g/mol. The molecule has 4 rings (SSSR count). The summed E-state index contributed by atoms with van der Waals surface area (Å²) in [5.41, 5.74) is 4.21. The molecule has 0 aliphatic carbocycles. The summed E-state index contributed by atoms with van der Waals surface area (Å²) in [4.78, 5) is 33.5. The van der Waals surface area contributed by atoms with Crippen molar-refractivity contribution in [2.24, 2.45) is 0 Å². The molecule has 0 aliphatic rings. The van der Waals surface area contributed by atoms with E-state index in [4.69, 9.17) is 38.3 Å². The average Bonchev–Trinajstić information content (AvgIpc) is 2.86. The van der Waals surface area contributed by atoms with Crippen LogP contribution in [0, 0.1) is 5.82 Å². The number of fused-ring (bicyclic) bond motifs is 1. The summed E-state index contributed by atoms with van der Waals surface area (Å²) >= 11 is 12.5. The molecule has 0 bridgehead atoms. The van der Waals surface area contributed by atoms with E-state index < -0.39 is 5.97 Å². The second kappa shape index (κ2) is 11.7. The number of benzene rings is 3. The third-order valence-corrected chi connectivity index (χ3v) is 6.50. The molecule has 1 aromatic heterocycles. The normalized spacial score (nSPS) is 11.9. The zero-order valence-electron chi connectivity index (χ0n) is 20.0. The van der Waals surface area contributed by atoms with Crippen molar-refractivity contribution in [2.75, 3.05) is 0 Å². The molecule has 0 saturated carbocycles. The highest BCUT2D eigenvalue weighted by Crippen LogP contribution is 2.32. The van der Waals surface area contributed by atoms with Crippen molar-refractivity contribution < 1.29 is 19.1 Å². The fourth-order valence-corrected chi connectivity index (χ4v) is 4.49. The van der Waals surface area contributed by atoms with Gasteiger partial charge in [-0.2, -0.15) is 0 Å². The van der Waals surface area contributed by atoms with E-state index in [-0.39, 0.29) is 24.2 Å². The Morgan fingerprint density at radius 1 is 0.973 bits per heavy atom. The van der Waals surface area contributed by atoms with Gasteiger partial charge in [-0.3, -0.25) is 9.59 Å². The highest BCUT2D eigenvalue weighted by molar-refractivity contribution is 6.36. The van der Waals surface area contributed by atoms with Gasteiger partial charge < -0.3 is 10.4 Å². The second-order valence-electron chi connectivity index (χ2n) is 8.69. The Labute approximate surface area is 223 Å². The SMILES string of the molecule is CC(NC(=O)c1ccc2nc(-c3ccc(Cl)cc3Cl)c(CCCCC(=O)O)nc2c1)c1ccc(F)cc1. The van der Waals surface area contributed by atoms with Crippen molar-refractivity contribution in [3.05, 3.63) is 93.3 Å². The number of amides is 1. The van der Waals surface area contributed by atoms with Crippen LogP contribution in [0.1, 0.15) is 53.8 Å². The molecule has 3 aromatic carbocycles. The third-order valence-electron chi connectivity index (χ3n) is 5.96. The van der Waals surface area contributed by atoms with Crippen LogP contribution >= 0.6 is 23.2 Å². The maximum Gasteiger partial charge on any atom is 0.303 e. The minimum Gasteiger partial charge on any atom is -0.481 e. The quantitative estimate of drug-likeness (QED) is 0.223. The first-order valence-corrected chi connectivity index (χ1v) is 12.5. The van der Waals surface area contributed by atoms with E-state index >= 15 is 0 Å². The number of aliphatic carboxylic acids is 1. The number of rotatable bonds is 9. The molecular formula is C28H24Cl2FN3O3. The maximum atomic E-state index is 13.2. The molecule has 6 nitrogen and oxygen atoms in total. The summed E-state index contributed by atoms with van der Waals surface area (Å²) < 4.78 is 13.2. The number of halogens is 3. The fourth-order valence-electron chi connectivity index (χ4n) is 3.99. The Morgan fingerprint density at radius 2 is 1.73 bits per heavy atom. The topological polar surface area (TPSA) is 92.2 Å². The van der Waals surface area contributed by atoms with Crippen LogP contribution < -0.4 is 5.32 Å². The van der Waals surface area contributed by atoms with Gasteiger partial charge in [-0.15, -0.1) is 0 Å². The van der Waals surface area contributed by atoms with Crippen molar-refractivity contribution in [1.29, 1.82) is 0 Å². The molecule has 190 valence electrons. The molecular weight excluding hydrogens is 516 g/mol. The number of aromatic nitrogens is 2. The van der Waals surface area contributed by atoms with Crippen LogP contribution in [-0.4, -0.2) is 27.0 Å². The molecule has 4 aromatic rings. The van der Waals surface area contributed by atoms with Gasteiger partial charge in [0.25, 0.3) is 5.91 Å². The van der Waals surface area contributed by atoms with Crippen LogP contribution in [0.4, 0.5) is 4.39 Å². The second-order valence-corrected chi connectivity index (χ2v) is 9.54. The summed E-state index contributed by atoms with van der Waals surface area (Å²) in [5.74, 6) is -1.49. The summed E-state index contributed by atoms with van der Waals surface area (Å²) in [6.45, 7) is 1.82. The van der Waals surface area contributed by atoms with Gasteiger partial charge in [-0.05, 0) is 80.3 Å². The van der Waals surface area contributed by atoms with Crippen molar-refractivity contribution in [2.45, 2.75) is 38.6 Å². The number of unbranched alkanes of at least 4 members (excludes halogenated alkanes) is 1. The molecule has 1 amide bonds. The molecule has 1 unspecified atom stereocenters. The van der Waals surface area contributed by atoms with Gasteiger partial charge in [0.05, 0.1) is 33.5 Å². The Hall–Kier alpha value is -3.55. The molecule has 0 spiro atoms. The number of aryl methyl sites for hydroxylation is 1. The molecule has 37 heavy (non-hydrogen) atoms. The van der Waals surface area contributed by atoms with Gasteiger partial charge in [0.2, 0.25) is 0 Å². The molecule has 1 atom stereocenters. The lowest BCUT2D eigenvalue weighted by Gasteiger charge is -2.15. The van der Waals surface area contributed by atoms with E-state index in [1.54, 1.807) is 48.5 Å². The zero-order valence-corrected chi connectivity index (χ0v) is 21.5. The van der Waals surface area contributed by atoms with Crippen LogP contribution in [0.5, 0.6) is 0 Å². The molecule has 0 aliphatic heterocycles. The number of hydrogen-bond donors (Lipinski definition) is 2. The minimum absolute atomic E-state index is 0.0641. The van der Waals surface area contributed by atoms with Crippen LogP contribution in [0.25, 0.3) is 22.3 Å². The number of nitrogens with one attached hydrogen (secondary N) is 1. The van der Waals surface area contributed by atoms with Gasteiger partial charge in [0, 0.05) is 22.6 Å². The Kier molecular flexibility index (Phi) is 8.36. The van der Waals surface area contributed by atoms with Crippen molar-refractivity contribution >= 4 is 46.1 Å². The van der Waals surface area contributed by atoms with E-state index in [1.807, 2.05) is 6.92 Å². The van der Waals surface area contributed by atoms with E-state index in [1.165, 1.54) is 12.1 Å². The van der Waals surface area contributed by atoms with Gasteiger partial charge in [0.1, 0.15) is 5.82 Å². The van der Waals surface area contributed by atoms with Gasteiger partial charge in [-0.1, -0.05) is 35.3 Å². The zero-order chi connectivity index (χ0) is 26.5. The number of hydrogen-bond acceptors (Lipinski definition) is 4. The standard InChI is InChI=1S/C28H24Cl2FN3O3/c1-16(17-6-10-20(31)11-7-17)32-28(37)18-8-13-23-25(14-18)33-24(4-2-3-5-26(35)36)27(34-23)21-12-9-19(29)15-22(21)30/h6-16H,2-5H2,1H3,(H,32,37)(H,35,36). The Balaban J connectivity index is 1.65. The van der Waals surface area contributed by atoms with E-state index in [0.29, 0.717) is 62.9 Å². The first-order chi connectivity index (χ1) is 17.7. The van der Waals surface area contributed by atoms with E-state index in [9.17, 15) is 14.0 Å². The number of carbonyl (C=O) groups is 2. The summed E-state index contributed by atoms with van der Waals surface area (Å²) in [5, 5.41) is 12.8. The highest BCUT2D eigenvalue weighted by atomic mass is 35.5. The Morgan fingerprint density at radius 3 is 2.43 bits per heavy atom. The lowest BCUT2D eigenvalue weighted by atomic mass is 10.0. The monoisotopic (exact) mass is 539 g/mol. The van der Waals surface area contributed by atoms with Crippen LogP contribution in [0.2, 0.25) is 10.0 Å². The summed E-state index contributed by atoms with van der Waals surface area (Å²) in [6, 6.07) is 15.8. The van der Waals surface area contributed by atoms with Crippen LogP contribution in [0.3, 0.4) is 0 Å². The number of nitrogens with zero attached hydrogens (tertiary/aromatic N) is 2. The van der Waals surface area contributed by atoms with Crippen molar-refractivity contribution in [1.82, 2.24) is 15.3 Å². The summed E-state index contributed by atoms with van der Waals surface area (Å²) in [7, 11) is 0. The number of carbonyl (C=O) groups excluding carboxylic acids is 1.